The Morgan fingerprint density at radius 3 is 2.74 bits per heavy atom. The van der Waals surface area contributed by atoms with Gasteiger partial charge in [0.05, 0.1) is 17.3 Å². The molecule has 3 aromatic rings. The maximum absolute atomic E-state index is 12.2. The minimum atomic E-state index is -0.750. The van der Waals surface area contributed by atoms with Crippen LogP contribution in [0.3, 0.4) is 0 Å². The van der Waals surface area contributed by atoms with E-state index in [1.807, 2.05) is 17.5 Å². The van der Waals surface area contributed by atoms with Gasteiger partial charge in [-0.25, -0.2) is 4.79 Å². The summed E-state index contributed by atoms with van der Waals surface area (Å²) in [5.41, 5.74) is 5.86. The molecule has 0 saturated heterocycles. The molecule has 0 aliphatic carbocycles. The Labute approximate surface area is 163 Å². The highest BCUT2D eigenvalue weighted by Crippen LogP contribution is 2.22. The summed E-state index contributed by atoms with van der Waals surface area (Å²) in [6.07, 6.45) is -0.115. The fourth-order valence-corrected chi connectivity index (χ4v) is 3.08. The predicted octanol–water partition coefficient (Wildman–Crippen LogP) is 3.29. The van der Waals surface area contributed by atoms with Gasteiger partial charge in [0, 0.05) is 5.02 Å². The van der Waals surface area contributed by atoms with Crippen molar-refractivity contribution in [2.24, 2.45) is 5.73 Å². The summed E-state index contributed by atoms with van der Waals surface area (Å²) < 4.78 is 10.2. The molecule has 0 spiro atoms. The van der Waals surface area contributed by atoms with Crippen molar-refractivity contribution in [1.82, 2.24) is 15.5 Å². The number of rotatable bonds is 7. The molecule has 1 atom stereocenters. The van der Waals surface area contributed by atoms with Gasteiger partial charge in [0.15, 0.2) is 6.61 Å². The average Bonchev–Trinajstić information content (AvgIpc) is 3.31. The van der Waals surface area contributed by atoms with Gasteiger partial charge in [0.25, 0.3) is 5.89 Å². The molecule has 0 bridgehead atoms. The van der Waals surface area contributed by atoms with E-state index in [0.717, 1.165) is 4.88 Å². The fraction of sp³-hybridized carbons (Fsp3) is 0.176. The van der Waals surface area contributed by atoms with Crippen LogP contribution in [0.4, 0.5) is 4.79 Å². The third-order valence-corrected chi connectivity index (χ3v) is 4.64. The predicted molar refractivity (Wildman–Crippen MR) is 98.9 cm³/mol. The van der Waals surface area contributed by atoms with E-state index in [1.54, 1.807) is 24.3 Å². The molecule has 27 heavy (non-hydrogen) atoms. The van der Waals surface area contributed by atoms with Crippen molar-refractivity contribution in [2.45, 2.75) is 19.1 Å². The topological polar surface area (TPSA) is 120 Å². The molecule has 10 heteroatoms. The zero-order chi connectivity index (χ0) is 19.2. The molecule has 0 fully saturated rings. The van der Waals surface area contributed by atoms with Crippen molar-refractivity contribution in [3.05, 3.63) is 58.3 Å². The lowest BCUT2D eigenvalue weighted by molar-refractivity contribution is -0.146. The number of hydrogen-bond acceptors (Lipinski definition) is 7. The van der Waals surface area contributed by atoms with E-state index in [-0.39, 0.29) is 18.9 Å². The van der Waals surface area contributed by atoms with Crippen molar-refractivity contribution in [3.63, 3.8) is 0 Å². The number of benzene rings is 1. The molecule has 140 valence electrons. The van der Waals surface area contributed by atoms with Gasteiger partial charge in [0.1, 0.15) is 0 Å². The Kier molecular flexibility index (Phi) is 6.05. The van der Waals surface area contributed by atoms with Crippen molar-refractivity contribution in [3.8, 4) is 10.7 Å². The van der Waals surface area contributed by atoms with Crippen LogP contribution in [0.25, 0.3) is 10.7 Å². The van der Waals surface area contributed by atoms with Crippen LogP contribution in [-0.4, -0.2) is 22.1 Å². The molecular formula is C17H15ClN4O4S. The van der Waals surface area contributed by atoms with E-state index < -0.39 is 18.0 Å². The van der Waals surface area contributed by atoms with Crippen LogP contribution < -0.4 is 11.1 Å². The standard InChI is InChI=1S/C17H15ClN4O4S/c18-11-5-3-10(4-6-11)12(20-17(19)24)8-15(23)25-9-14-21-16(22-26-14)13-2-1-7-27-13/h1-7,12H,8-9H2,(H3,19,20,24)/t12-/m1/s1. The van der Waals surface area contributed by atoms with Gasteiger partial charge in [0.2, 0.25) is 5.82 Å². The number of aromatic nitrogens is 2. The molecule has 0 unspecified atom stereocenters. The van der Waals surface area contributed by atoms with Crippen molar-refractivity contribution in [1.29, 1.82) is 0 Å². The first-order valence-corrected chi connectivity index (χ1v) is 9.10. The minimum Gasteiger partial charge on any atom is -0.455 e. The van der Waals surface area contributed by atoms with Crippen LogP contribution in [0.5, 0.6) is 0 Å². The first-order chi connectivity index (χ1) is 13.0. The maximum Gasteiger partial charge on any atom is 0.312 e. The molecule has 2 aromatic heterocycles. The number of halogens is 1. The first-order valence-electron chi connectivity index (χ1n) is 7.85. The van der Waals surface area contributed by atoms with Gasteiger partial charge < -0.3 is 20.3 Å². The second-order valence-electron chi connectivity index (χ2n) is 5.47. The molecule has 0 aliphatic heterocycles. The number of primary amides is 1. The molecule has 0 saturated carbocycles. The van der Waals surface area contributed by atoms with E-state index in [0.29, 0.717) is 16.4 Å². The quantitative estimate of drug-likeness (QED) is 0.581. The van der Waals surface area contributed by atoms with Crippen LogP contribution in [0.15, 0.2) is 46.3 Å². The number of nitrogens with one attached hydrogen (secondary N) is 1. The summed E-state index contributed by atoms with van der Waals surface area (Å²) in [4.78, 5) is 28.4. The van der Waals surface area contributed by atoms with Crippen LogP contribution in [0.1, 0.15) is 23.9 Å². The van der Waals surface area contributed by atoms with E-state index in [4.69, 9.17) is 26.6 Å². The number of amides is 2. The lowest BCUT2D eigenvalue weighted by Crippen LogP contribution is -2.34. The van der Waals surface area contributed by atoms with E-state index in [9.17, 15) is 9.59 Å². The number of esters is 1. The lowest BCUT2D eigenvalue weighted by Gasteiger charge is -2.17. The van der Waals surface area contributed by atoms with Crippen LogP contribution in [0, 0.1) is 0 Å². The van der Waals surface area contributed by atoms with E-state index >= 15 is 0 Å². The lowest BCUT2D eigenvalue weighted by atomic mass is 10.0. The molecule has 2 amide bonds. The molecular weight excluding hydrogens is 392 g/mol. The fourth-order valence-electron chi connectivity index (χ4n) is 2.31. The molecule has 2 heterocycles. The summed E-state index contributed by atoms with van der Waals surface area (Å²) >= 11 is 7.33. The molecule has 3 N–H and O–H groups in total. The van der Waals surface area contributed by atoms with Crippen molar-refractivity contribution >= 4 is 34.9 Å². The first kappa shape index (κ1) is 18.9. The SMILES string of the molecule is NC(=O)N[C@H](CC(=O)OCc1nc(-c2cccs2)no1)c1ccc(Cl)cc1. The summed E-state index contributed by atoms with van der Waals surface area (Å²) in [6.45, 7) is -0.166. The third kappa shape index (κ3) is 5.28. The van der Waals surface area contributed by atoms with Crippen LogP contribution in [0.2, 0.25) is 5.02 Å². The number of urea groups is 1. The van der Waals surface area contributed by atoms with Crippen molar-refractivity contribution in [2.75, 3.05) is 0 Å². The summed E-state index contributed by atoms with van der Waals surface area (Å²) in [5.74, 6) is 0.0581. The Balaban J connectivity index is 1.59. The number of nitrogens with two attached hydrogens (primary N) is 1. The monoisotopic (exact) mass is 406 g/mol. The second-order valence-corrected chi connectivity index (χ2v) is 6.85. The van der Waals surface area contributed by atoms with Gasteiger partial charge in [-0.2, -0.15) is 4.98 Å². The van der Waals surface area contributed by atoms with Gasteiger partial charge >= 0.3 is 12.0 Å². The van der Waals surface area contributed by atoms with E-state index in [2.05, 4.69) is 15.5 Å². The summed E-state index contributed by atoms with van der Waals surface area (Å²) in [7, 11) is 0. The Morgan fingerprint density at radius 1 is 1.30 bits per heavy atom. The number of hydrogen-bond donors (Lipinski definition) is 2. The van der Waals surface area contributed by atoms with Crippen LogP contribution in [-0.2, 0) is 16.1 Å². The molecule has 1 aromatic carbocycles. The maximum atomic E-state index is 12.2. The molecule has 0 aliphatic rings. The number of carbonyl (C=O) groups excluding carboxylic acids is 2. The van der Waals surface area contributed by atoms with E-state index in [1.165, 1.54) is 11.3 Å². The molecule has 8 nitrogen and oxygen atoms in total. The van der Waals surface area contributed by atoms with Gasteiger partial charge in [-0.05, 0) is 29.1 Å². The van der Waals surface area contributed by atoms with Gasteiger partial charge in [-0.3, -0.25) is 4.79 Å². The minimum absolute atomic E-state index is 0.115. The Hall–Kier alpha value is -2.91. The molecule has 0 radical (unpaired) electrons. The Morgan fingerprint density at radius 2 is 2.07 bits per heavy atom. The zero-order valence-electron chi connectivity index (χ0n) is 13.9. The number of carbonyl (C=O) groups is 2. The normalized spacial score (nSPS) is 11.7. The highest BCUT2D eigenvalue weighted by molar-refractivity contribution is 7.13. The highest BCUT2D eigenvalue weighted by atomic mass is 35.5. The van der Waals surface area contributed by atoms with Gasteiger partial charge in [-0.15, -0.1) is 11.3 Å². The van der Waals surface area contributed by atoms with Crippen LogP contribution >= 0.6 is 22.9 Å². The van der Waals surface area contributed by atoms with Gasteiger partial charge in [-0.1, -0.05) is 35.0 Å². The largest absolute Gasteiger partial charge is 0.455 e. The summed E-state index contributed by atoms with van der Waals surface area (Å²) in [5, 5.41) is 8.79. The smallest absolute Gasteiger partial charge is 0.312 e. The highest BCUT2D eigenvalue weighted by Gasteiger charge is 2.19. The summed E-state index contributed by atoms with van der Waals surface area (Å²) in [6, 6.07) is 9.04. The second kappa shape index (κ2) is 8.65. The average molecular weight is 407 g/mol. The number of thiophene rings is 1. The molecule has 3 rings (SSSR count). The third-order valence-electron chi connectivity index (χ3n) is 3.53. The van der Waals surface area contributed by atoms with Crippen molar-refractivity contribution < 1.29 is 18.8 Å². The number of ether oxygens (including phenoxy) is 1. The Bertz CT molecular complexity index is 911. The zero-order valence-corrected chi connectivity index (χ0v) is 15.5. The number of nitrogens with zero attached hydrogens (tertiary/aromatic N) is 2.